The first kappa shape index (κ1) is 15.2. The Bertz CT molecular complexity index is 866. The van der Waals surface area contributed by atoms with Gasteiger partial charge in [-0.1, -0.05) is 0 Å². The van der Waals surface area contributed by atoms with Gasteiger partial charge >= 0.3 is 0 Å². The molecule has 0 saturated carbocycles. The minimum absolute atomic E-state index is 0.400. The molecule has 3 aromatic rings. The maximum atomic E-state index is 6.17. The summed E-state index contributed by atoms with van der Waals surface area (Å²) < 4.78 is 7.43. The molecular weight excluding hydrogens is 302 g/mol. The number of furan rings is 1. The monoisotopic (exact) mass is 325 g/mol. The second-order valence-electron chi connectivity index (χ2n) is 6.75. The summed E-state index contributed by atoms with van der Waals surface area (Å²) in [4.78, 5) is 7.24. The number of piperidine rings is 1. The highest BCUT2D eigenvalue weighted by molar-refractivity contribution is 5.48. The molecule has 0 radical (unpaired) electrons. The molecule has 4 heterocycles. The Labute approximate surface area is 141 Å². The number of fused-ring (bicyclic) bond motifs is 1. The van der Waals surface area contributed by atoms with Crippen molar-refractivity contribution in [2.75, 3.05) is 18.8 Å². The van der Waals surface area contributed by atoms with Crippen molar-refractivity contribution in [3.05, 3.63) is 47.2 Å². The molecule has 1 saturated heterocycles. The van der Waals surface area contributed by atoms with Crippen LogP contribution in [0.25, 0.3) is 5.65 Å². The molecule has 1 aliphatic heterocycles. The number of likely N-dealkylation sites (tertiary alicyclic amines) is 1. The van der Waals surface area contributed by atoms with Crippen molar-refractivity contribution in [1.29, 1.82) is 0 Å². The van der Waals surface area contributed by atoms with Gasteiger partial charge in [0.15, 0.2) is 5.65 Å². The molecule has 0 aromatic carbocycles. The van der Waals surface area contributed by atoms with Gasteiger partial charge in [-0.15, -0.1) is 0 Å². The van der Waals surface area contributed by atoms with Gasteiger partial charge in [0.25, 0.3) is 0 Å². The summed E-state index contributed by atoms with van der Waals surface area (Å²) in [7, 11) is 0. The number of nitrogens with two attached hydrogens (primary N) is 1. The fraction of sp³-hybridized carbons (Fsp3) is 0.444. The molecule has 6 nitrogen and oxygen atoms in total. The first-order valence-electron chi connectivity index (χ1n) is 8.49. The third kappa shape index (κ3) is 2.89. The summed E-state index contributed by atoms with van der Waals surface area (Å²) in [6, 6.07) is 8.04. The van der Waals surface area contributed by atoms with Crippen LogP contribution in [0, 0.1) is 13.8 Å². The second-order valence-corrected chi connectivity index (χ2v) is 6.75. The molecule has 1 aliphatic rings. The third-order valence-electron chi connectivity index (χ3n) is 4.70. The van der Waals surface area contributed by atoms with E-state index in [1.54, 1.807) is 4.52 Å². The summed E-state index contributed by atoms with van der Waals surface area (Å²) in [6.45, 7) is 6.88. The smallest absolute Gasteiger partial charge is 0.157 e. The lowest BCUT2D eigenvalue weighted by atomic mass is 9.94. The molecule has 1 atom stereocenters. The molecule has 0 aliphatic carbocycles. The minimum Gasteiger partial charge on any atom is -0.465 e. The van der Waals surface area contributed by atoms with Crippen LogP contribution in [0.3, 0.4) is 0 Å². The summed E-state index contributed by atoms with van der Waals surface area (Å²) in [5, 5.41) is 4.38. The number of hydrogen-bond acceptors (Lipinski definition) is 5. The topological polar surface area (TPSA) is 72.6 Å². The number of nitrogens with zero attached hydrogens (tertiary/aromatic N) is 4. The van der Waals surface area contributed by atoms with Crippen LogP contribution in [0.4, 0.5) is 5.82 Å². The van der Waals surface area contributed by atoms with Crippen LogP contribution in [0.15, 0.2) is 28.7 Å². The largest absolute Gasteiger partial charge is 0.465 e. The molecule has 3 aromatic heterocycles. The molecule has 24 heavy (non-hydrogen) atoms. The standard InChI is InChI=1S/C18H23N5O/c1-12-8-18-20-16(9-17(19)23(18)21-12)14-4-3-7-22(10-14)11-15-6-5-13(2)24-15/h5-6,8-9,14H,3-4,7,10-11,19H2,1-2H3/t14-/m1/s1. The van der Waals surface area contributed by atoms with Crippen LogP contribution >= 0.6 is 0 Å². The Morgan fingerprint density at radius 2 is 2.17 bits per heavy atom. The summed E-state index contributed by atoms with van der Waals surface area (Å²) in [5.74, 6) is 3.05. The molecule has 1 fully saturated rings. The molecule has 6 heteroatoms. The van der Waals surface area contributed by atoms with Gasteiger partial charge in [0.05, 0.1) is 17.9 Å². The van der Waals surface area contributed by atoms with Gasteiger partial charge in [0, 0.05) is 24.6 Å². The Morgan fingerprint density at radius 1 is 1.29 bits per heavy atom. The van der Waals surface area contributed by atoms with Crippen LogP contribution in [-0.2, 0) is 6.54 Å². The van der Waals surface area contributed by atoms with E-state index >= 15 is 0 Å². The van der Waals surface area contributed by atoms with E-state index in [-0.39, 0.29) is 0 Å². The molecular formula is C18H23N5O. The molecule has 2 N–H and O–H groups in total. The van der Waals surface area contributed by atoms with Gasteiger partial charge < -0.3 is 10.2 Å². The van der Waals surface area contributed by atoms with Crippen molar-refractivity contribution < 1.29 is 4.42 Å². The summed E-state index contributed by atoms with van der Waals surface area (Å²) >= 11 is 0. The third-order valence-corrected chi connectivity index (χ3v) is 4.70. The number of hydrogen-bond donors (Lipinski definition) is 1. The minimum atomic E-state index is 0.400. The quantitative estimate of drug-likeness (QED) is 0.801. The lowest BCUT2D eigenvalue weighted by molar-refractivity contribution is 0.184. The maximum absolute atomic E-state index is 6.17. The molecule has 0 spiro atoms. The number of aryl methyl sites for hydroxylation is 2. The van der Waals surface area contributed by atoms with Crippen LogP contribution < -0.4 is 5.73 Å². The normalized spacial score (nSPS) is 19.2. The fourth-order valence-corrected chi connectivity index (χ4v) is 3.57. The maximum Gasteiger partial charge on any atom is 0.157 e. The summed E-state index contributed by atoms with van der Waals surface area (Å²) in [5.41, 5.74) is 9.01. The fourth-order valence-electron chi connectivity index (χ4n) is 3.57. The Kier molecular flexibility index (Phi) is 3.76. The number of aromatic nitrogens is 3. The number of nitrogen functional groups attached to an aromatic ring is 1. The van der Waals surface area contributed by atoms with Crippen molar-refractivity contribution in [2.45, 2.75) is 39.2 Å². The lowest BCUT2D eigenvalue weighted by Crippen LogP contribution is -2.34. The molecule has 4 rings (SSSR count). The van der Waals surface area contributed by atoms with E-state index in [1.165, 1.54) is 0 Å². The molecule has 0 bridgehead atoms. The van der Waals surface area contributed by atoms with Crippen LogP contribution in [-0.4, -0.2) is 32.6 Å². The highest BCUT2D eigenvalue weighted by atomic mass is 16.3. The first-order chi connectivity index (χ1) is 11.6. The van der Waals surface area contributed by atoms with Gasteiger partial charge in [-0.05, 0) is 45.4 Å². The highest BCUT2D eigenvalue weighted by Crippen LogP contribution is 2.28. The van der Waals surface area contributed by atoms with E-state index in [0.717, 1.165) is 61.0 Å². The van der Waals surface area contributed by atoms with E-state index in [2.05, 4.69) is 16.1 Å². The SMILES string of the molecule is Cc1cc2nc([C@@H]3CCCN(Cc4ccc(C)o4)C3)cc(N)n2n1. The van der Waals surface area contributed by atoms with E-state index in [9.17, 15) is 0 Å². The average Bonchev–Trinajstić information content (AvgIpc) is 3.13. The zero-order valence-corrected chi connectivity index (χ0v) is 14.2. The molecule has 0 unspecified atom stereocenters. The predicted molar refractivity (Wildman–Crippen MR) is 92.8 cm³/mol. The van der Waals surface area contributed by atoms with E-state index in [4.69, 9.17) is 15.1 Å². The first-order valence-corrected chi connectivity index (χ1v) is 8.49. The predicted octanol–water partition coefficient (Wildman–Crippen LogP) is 2.90. The molecule has 126 valence electrons. The Balaban J connectivity index is 1.55. The molecule has 0 amide bonds. The van der Waals surface area contributed by atoms with E-state index in [1.807, 2.05) is 32.0 Å². The Morgan fingerprint density at radius 3 is 2.96 bits per heavy atom. The van der Waals surface area contributed by atoms with Crippen molar-refractivity contribution in [2.24, 2.45) is 0 Å². The van der Waals surface area contributed by atoms with Crippen LogP contribution in [0.5, 0.6) is 0 Å². The van der Waals surface area contributed by atoms with Gasteiger partial charge in [0.2, 0.25) is 0 Å². The lowest BCUT2D eigenvalue weighted by Gasteiger charge is -2.31. The van der Waals surface area contributed by atoms with Crippen molar-refractivity contribution in [1.82, 2.24) is 19.5 Å². The van der Waals surface area contributed by atoms with Gasteiger partial charge in [-0.25, -0.2) is 4.98 Å². The van der Waals surface area contributed by atoms with Gasteiger partial charge in [0.1, 0.15) is 17.3 Å². The van der Waals surface area contributed by atoms with Crippen molar-refractivity contribution in [3.63, 3.8) is 0 Å². The van der Waals surface area contributed by atoms with Gasteiger partial charge in [-0.3, -0.25) is 4.90 Å². The van der Waals surface area contributed by atoms with E-state index in [0.29, 0.717) is 11.7 Å². The Hall–Kier alpha value is -2.34. The number of anilines is 1. The van der Waals surface area contributed by atoms with Crippen LogP contribution in [0.1, 0.15) is 41.7 Å². The number of rotatable bonds is 3. The van der Waals surface area contributed by atoms with Crippen molar-refractivity contribution >= 4 is 11.5 Å². The van der Waals surface area contributed by atoms with Crippen LogP contribution in [0.2, 0.25) is 0 Å². The zero-order chi connectivity index (χ0) is 16.7. The van der Waals surface area contributed by atoms with Gasteiger partial charge in [-0.2, -0.15) is 9.61 Å². The zero-order valence-electron chi connectivity index (χ0n) is 14.2. The van der Waals surface area contributed by atoms with E-state index < -0.39 is 0 Å². The second kappa shape index (κ2) is 5.94. The average molecular weight is 325 g/mol. The van der Waals surface area contributed by atoms with Crippen molar-refractivity contribution in [3.8, 4) is 0 Å². The summed E-state index contributed by atoms with van der Waals surface area (Å²) in [6.07, 6.45) is 2.30. The highest BCUT2D eigenvalue weighted by Gasteiger charge is 2.24.